The maximum atomic E-state index is 14.7. The summed E-state index contributed by atoms with van der Waals surface area (Å²) in [4.78, 5) is 59.4. The van der Waals surface area contributed by atoms with Crippen LogP contribution < -0.4 is 14.5 Å². The molecule has 3 aromatic rings. The fourth-order valence-electron chi connectivity index (χ4n) is 8.05. The van der Waals surface area contributed by atoms with Crippen LogP contribution in [0.5, 0.6) is 11.5 Å². The Morgan fingerprint density at radius 2 is 1.60 bits per heavy atom. The number of amides is 4. The van der Waals surface area contributed by atoms with Crippen LogP contribution in [-0.2, 0) is 19.2 Å². The zero-order valence-corrected chi connectivity index (χ0v) is 30.3. The van der Waals surface area contributed by atoms with Gasteiger partial charge in [0.05, 0.1) is 51.1 Å². The van der Waals surface area contributed by atoms with Gasteiger partial charge in [-0.05, 0) is 112 Å². The van der Waals surface area contributed by atoms with Gasteiger partial charge < -0.3 is 9.84 Å². The number of nitrogens with zero attached hydrogens (tertiary/aromatic N) is 2. The van der Waals surface area contributed by atoms with Crippen LogP contribution in [0.25, 0.3) is 0 Å². The zero-order valence-electron chi connectivity index (χ0n) is 24.8. The van der Waals surface area contributed by atoms with Gasteiger partial charge in [0, 0.05) is 14.9 Å². The van der Waals surface area contributed by atoms with Gasteiger partial charge in [0.15, 0.2) is 11.5 Å². The predicted molar refractivity (Wildman–Crippen MR) is 183 cm³/mol. The number of aromatic hydroxyl groups is 1. The van der Waals surface area contributed by atoms with Crippen LogP contribution in [0.4, 0.5) is 15.8 Å². The molecule has 7 rings (SSSR count). The minimum atomic E-state index is -1.38. The molecule has 0 aromatic heterocycles. The number of carbonyl (C=O) groups excluding carboxylic acids is 4. The molecule has 2 aliphatic carbocycles. The van der Waals surface area contributed by atoms with Crippen molar-refractivity contribution in [1.82, 2.24) is 0 Å². The number of methoxy groups -OCH3 is 1. The zero-order chi connectivity index (χ0) is 33.7. The van der Waals surface area contributed by atoms with Gasteiger partial charge in [-0.3, -0.25) is 24.1 Å². The molecule has 1 N–H and O–H groups in total. The molecule has 242 valence electrons. The van der Waals surface area contributed by atoms with E-state index in [1.54, 1.807) is 37.3 Å². The summed E-state index contributed by atoms with van der Waals surface area (Å²) in [7, 11) is 1.40. The number of hydrogen-bond acceptors (Lipinski definition) is 6. The SMILES string of the molecule is COc1cc([C@H]2C3=CC[C@@H]4C(=O)N(c5ccc(Br)cc5)C(=O)[C@@H]4[C@@H]3C[C@H]3C(=O)N(c4ccc(F)c(Cl)c4)C(=O)[C@@]23C)c(Br)c(Br)c1O. The first-order valence-electron chi connectivity index (χ1n) is 14.7. The van der Waals surface area contributed by atoms with E-state index in [4.69, 9.17) is 16.3 Å². The quantitative estimate of drug-likeness (QED) is 0.212. The van der Waals surface area contributed by atoms with E-state index in [1.807, 2.05) is 6.08 Å². The van der Waals surface area contributed by atoms with Gasteiger partial charge in [-0.15, -0.1) is 0 Å². The Bertz CT molecular complexity index is 1950. The lowest BCUT2D eigenvalue weighted by Gasteiger charge is -2.49. The van der Waals surface area contributed by atoms with E-state index < -0.39 is 52.6 Å². The minimum absolute atomic E-state index is 0.132. The molecule has 4 aliphatic rings. The second-order valence-corrected chi connectivity index (χ2v) is 15.3. The van der Waals surface area contributed by atoms with Crippen molar-refractivity contribution in [2.45, 2.75) is 25.7 Å². The molecule has 6 atom stereocenters. The Morgan fingerprint density at radius 1 is 0.915 bits per heavy atom. The number of halogens is 5. The first-order chi connectivity index (χ1) is 22.3. The van der Waals surface area contributed by atoms with Crippen LogP contribution in [-0.4, -0.2) is 35.8 Å². The Labute approximate surface area is 299 Å². The smallest absolute Gasteiger partial charge is 0.241 e. The van der Waals surface area contributed by atoms with Crippen molar-refractivity contribution in [3.63, 3.8) is 0 Å². The lowest BCUT2D eigenvalue weighted by atomic mass is 9.51. The van der Waals surface area contributed by atoms with E-state index in [0.29, 0.717) is 15.7 Å². The fraction of sp³-hybridized carbons (Fsp3) is 0.294. The van der Waals surface area contributed by atoms with Crippen LogP contribution in [0.2, 0.25) is 5.02 Å². The highest BCUT2D eigenvalue weighted by atomic mass is 79.9. The summed E-state index contributed by atoms with van der Waals surface area (Å²) in [5, 5.41) is 10.5. The van der Waals surface area contributed by atoms with Crippen molar-refractivity contribution < 1.29 is 33.4 Å². The Kier molecular flexibility index (Phi) is 7.97. The molecule has 0 bridgehead atoms. The monoisotopic (exact) mass is 848 g/mol. The number of phenols is 1. The van der Waals surface area contributed by atoms with Crippen molar-refractivity contribution >= 4 is 94.4 Å². The van der Waals surface area contributed by atoms with Crippen molar-refractivity contribution in [1.29, 1.82) is 0 Å². The van der Waals surface area contributed by atoms with E-state index in [9.17, 15) is 28.7 Å². The molecule has 47 heavy (non-hydrogen) atoms. The third-order valence-corrected chi connectivity index (χ3v) is 13.2. The topological polar surface area (TPSA) is 104 Å². The van der Waals surface area contributed by atoms with Gasteiger partial charge in [-0.1, -0.05) is 39.2 Å². The Hall–Kier alpha value is -3.06. The van der Waals surface area contributed by atoms with Crippen LogP contribution in [0.1, 0.15) is 31.2 Å². The number of phenolic OH excluding ortho intramolecular Hbond substituents is 1. The summed E-state index contributed by atoms with van der Waals surface area (Å²) in [5.74, 6) is -6.07. The molecule has 2 saturated heterocycles. The summed E-state index contributed by atoms with van der Waals surface area (Å²) in [6.07, 6.45) is 2.33. The summed E-state index contributed by atoms with van der Waals surface area (Å²) in [6, 6.07) is 12.2. The maximum Gasteiger partial charge on any atom is 0.241 e. The highest BCUT2D eigenvalue weighted by Crippen LogP contribution is 2.65. The number of benzene rings is 3. The predicted octanol–water partition coefficient (Wildman–Crippen LogP) is 7.92. The number of hydrogen-bond donors (Lipinski definition) is 1. The van der Waals surface area contributed by atoms with E-state index in [0.717, 1.165) is 21.0 Å². The van der Waals surface area contributed by atoms with Gasteiger partial charge in [0.1, 0.15) is 5.82 Å². The van der Waals surface area contributed by atoms with Crippen molar-refractivity contribution in [3.8, 4) is 11.5 Å². The molecule has 3 fully saturated rings. The van der Waals surface area contributed by atoms with Crippen LogP contribution in [0.3, 0.4) is 0 Å². The highest BCUT2D eigenvalue weighted by Gasteiger charge is 2.68. The number of allylic oxidation sites excluding steroid dienone is 2. The van der Waals surface area contributed by atoms with Crippen LogP contribution >= 0.6 is 59.4 Å². The third-order valence-electron chi connectivity index (χ3n) is 10.2. The highest BCUT2D eigenvalue weighted by molar-refractivity contribution is 9.13. The van der Waals surface area contributed by atoms with E-state index >= 15 is 0 Å². The second-order valence-electron chi connectivity index (χ2n) is 12.4. The largest absolute Gasteiger partial charge is 0.503 e. The molecule has 1 saturated carbocycles. The molecule has 0 radical (unpaired) electrons. The van der Waals surface area contributed by atoms with Gasteiger partial charge in [0.2, 0.25) is 23.6 Å². The number of imide groups is 2. The molecule has 13 heteroatoms. The summed E-state index contributed by atoms with van der Waals surface area (Å²) in [5.41, 5.74) is 0.513. The molecule has 2 aliphatic heterocycles. The molecular weight excluding hydrogens is 827 g/mol. The maximum absolute atomic E-state index is 14.7. The minimum Gasteiger partial charge on any atom is -0.503 e. The average Bonchev–Trinajstić information content (AvgIpc) is 3.42. The molecule has 0 unspecified atom stereocenters. The van der Waals surface area contributed by atoms with Crippen LogP contribution in [0.15, 0.2) is 73.6 Å². The summed E-state index contributed by atoms with van der Waals surface area (Å²) < 4.78 is 21.2. The number of carbonyl (C=O) groups is 4. The second kappa shape index (κ2) is 11.5. The van der Waals surface area contributed by atoms with E-state index in [2.05, 4.69) is 47.8 Å². The normalized spacial score (nSPS) is 28.3. The third kappa shape index (κ3) is 4.61. The van der Waals surface area contributed by atoms with Crippen molar-refractivity contribution in [2.75, 3.05) is 16.9 Å². The average molecular weight is 852 g/mol. The first kappa shape index (κ1) is 32.5. The first-order valence-corrected chi connectivity index (χ1v) is 17.5. The number of anilines is 2. The van der Waals surface area contributed by atoms with Gasteiger partial charge >= 0.3 is 0 Å². The lowest BCUT2D eigenvalue weighted by molar-refractivity contribution is -0.131. The number of rotatable bonds is 4. The molecular formula is C34H25Br3ClFN2O6. The Morgan fingerprint density at radius 3 is 2.26 bits per heavy atom. The van der Waals surface area contributed by atoms with Crippen LogP contribution in [0, 0.1) is 34.9 Å². The number of fused-ring (bicyclic) bond motifs is 4. The molecule has 2 heterocycles. The van der Waals surface area contributed by atoms with E-state index in [1.165, 1.54) is 24.1 Å². The standard InChI is InChI=1S/C34H25Br3ClFN2O6/c1-34-21(31(44)41(33(34)46)16-7-10-23(39)22(38)11-16)12-19-17(26(34)20-13-24(47-2)29(42)28(37)27(20)36)8-9-18-25(19)32(45)40(30(18)43)15-5-3-14(35)4-6-15/h3-8,10-11,13,18-19,21,25-26,42H,9,12H2,1-2H3/t18-,19+,21-,25-,26+,34+/m0/s1. The Balaban J connectivity index is 1.41. The number of ether oxygens (including phenoxy) is 1. The molecule has 8 nitrogen and oxygen atoms in total. The summed E-state index contributed by atoms with van der Waals surface area (Å²) >= 11 is 16.5. The fourth-order valence-corrected chi connectivity index (χ4v) is 9.45. The van der Waals surface area contributed by atoms with Gasteiger partial charge in [0.25, 0.3) is 0 Å². The lowest BCUT2D eigenvalue weighted by Crippen LogP contribution is -2.49. The van der Waals surface area contributed by atoms with Crippen molar-refractivity contribution in [2.24, 2.45) is 29.1 Å². The molecule has 0 spiro atoms. The van der Waals surface area contributed by atoms with Gasteiger partial charge in [-0.2, -0.15) is 0 Å². The molecule has 3 aromatic carbocycles. The summed E-state index contributed by atoms with van der Waals surface area (Å²) in [6.45, 7) is 1.73. The van der Waals surface area contributed by atoms with Gasteiger partial charge in [-0.25, -0.2) is 9.29 Å². The molecule has 4 amide bonds. The van der Waals surface area contributed by atoms with Crippen molar-refractivity contribution in [3.05, 3.63) is 90.0 Å². The van der Waals surface area contributed by atoms with E-state index in [-0.39, 0.29) is 51.3 Å².